The molecular formula is C16H16F2N4O2. The highest BCUT2D eigenvalue weighted by molar-refractivity contribution is 5.70. The molecule has 2 N–H and O–H groups in total. The van der Waals surface area contributed by atoms with Gasteiger partial charge in [-0.3, -0.25) is 4.79 Å². The van der Waals surface area contributed by atoms with Gasteiger partial charge in [0, 0.05) is 19.2 Å². The molecule has 1 aromatic carbocycles. The molecule has 2 aromatic rings. The minimum atomic E-state index is -0.783. The topological polar surface area (TPSA) is 78.4 Å². The van der Waals surface area contributed by atoms with Crippen molar-refractivity contribution in [3.05, 3.63) is 42.2 Å². The lowest BCUT2D eigenvalue weighted by molar-refractivity contribution is -0.142. The summed E-state index contributed by atoms with van der Waals surface area (Å²) in [7, 11) is 0. The van der Waals surface area contributed by atoms with Crippen LogP contribution in [0.1, 0.15) is 12.8 Å². The van der Waals surface area contributed by atoms with Crippen LogP contribution in [0.5, 0.6) is 0 Å². The van der Waals surface area contributed by atoms with Crippen LogP contribution in [0.2, 0.25) is 0 Å². The number of aromatic nitrogens is 2. The Hall–Kier alpha value is -2.77. The zero-order chi connectivity index (χ0) is 17.1. The number of nitrogens with zero attached hydrogens (tertiary/aromatic N) is 3. The molecule has 8 heteroatoms. The summed E-state index contributed by atoms with van der Waals surface area (Å²) in [6.07, 6.45) is 2.37. The van der Waals surface area contributed by atoms with Crippen molar-refractivity contribution in [1.82, 2.24) is 9.97 Å². The molecule has 6 nitrogen and oxygen atoms in total. The molecule has 126 valence electrons. The summed E-state index contributed by atoms with van der Waals surface area (Å²) < 4.78 is 27.4. The van der Waals surface area contributed by atoms with Gasteiger partial charge in [0.1, 0.15) is 35.3 Å². The van der Waals surface area contributed by atoms with E-state index in [2.05, 4.69) is 15.3 Å². The minimum absolute atomic E-state index is 0.268. The molecule has 3 rings (SSSR count). The van der Waals surface area contributed by atoms with E-state index in [4.69, 9.17) is 5.11 Å². The molecular weight excluding hydrogens is 318 g/mol. The van der Waals surface area contributed by atoms with Crippen molar-refractivity contribution in [1.29, 1.82) is 0 Å². The predicted molar refractivity (Wildman–Crippen MR) is 84.2 cm³/mol. The molecule has 1 aliphatic rings. The lowest BCUT2D eigenvalue weighted by atomic mass is 9.97. The first kappa shape index (κ1) is 16.1. The maximum Gasteiger partial charge on any atom is 0.306 e. The van der Waals surface area contributed by atoms with Gasteiger partial charge in [-0.05, 0) is 25.0 Å². The van der Waals surface area contributed by atoms with Gasteiger partial charge in [-0.15, -0.1) is 0 Å². The van der Waals surface area contributed by atoms with E-state index in [0.29, 0.717) is 31.7 Å². The first-order valence-electron chi connectivity index (χ1n) is 7.55. The van der Waals surface area contributed by atoms with E-state index in [9.17, 15) is 13.6 Å². The predicted octanol–water partition coefficient (Wildman–Crippen LogP) is 2.80. The zero-order valence-corrected chi connectivity index (χ0v) is 12.7. The highest BCUT2D eigenvalue weighted by atomic mass is 19.1. The summed E-state index contributed by atoms with van der Waals surface area (Å²) in [5.74, 6) is -1.68. The van der Waals surface area contributed by atoms with Crippen LogP contribution in [0.3, 0.4) is 0 Å². The van der Waals surface area contributed by atoms with Crippen LogP contribution in [-0.2, 0) is 4.79 Å². The summed E-state index contributed by atoms with van der Waals surface area (Å²) >= 11 is 0. The standard InChI is InChI=1S/C16H16F2N4O2/c17-11-2-1-3-12(18)15(11)21-13-8-14(20-9-19-13)22-6-4-10(5-7-22)16(23)24/h1-3,8-10H,4-7H2,(H,23,24)(H,19,20,21). The summed E-state index contributed by atoms with van der Waals surface area (Å²) in [6, 6.07) is 5.19. The molecule has 0 unspecified atom stereocenters. The number of carbonyl (C=O) groups is 1. The van der Waals surface area contributed by atoms with E-state index in [1.54, 1.807) is 6.07 Å². The fourth-order valence-electron chi connectivity index (χ4n) is 2.69. The average molecular weight is 334 g/mol. The first-order valence-corrected chi connectivity index (χ1v) is 7.55. The highest BCUT2D eigenvalue weighted by Crippen LogP contribution is 2.26. The molecule has 0 bridgehead atoms. The Labute approximate surface area is 137 Å². The molecule has 2 heterocycles. The van der Waals surface area contributed by atoms with E-state index >= 15 is 0 Å². The van der Waals surface area contributed by atoms with Gasteiger partial charge in [0.05, 0.1) is 5.92 Å². The number of aliphatic carboxylic acids is 1. The normalized spacial score (nSPS) is 15.3. The van der Waals surface area contributed by atoms with E-state index < -0.39 is 17.6 Å². The molecule has 24 heavy (non-hydrogen) atoms. The third kappa shape index (κ3) is 3.42. The Bertz CT molecular complexity index is 728. The average Bonchev–Trinajstić information content (AvgIpc) is 2.59. The minimum Gasteiger partial charge on any atom is -0.481 e. The number of nitrogens with one attached hydrogen (secondary N) is 1. The fraction of sp³-hybridized carbons (Fsp3) is 0.312. The second kappa shape index (κ2) is 6.77. The van der Waals surface area contributed by atoms with Crippen molar-refractivity contribution in [2.24, 2.45) is 5.92 Å². The maximum absolute atomic E-state index is 13.7. The van der Waals surface area contributed by atoms with Gasteiger partial charge in [0.15, 0.2) is 0 Å². The third-order valence-corrected chi connectivity index (χ3v) is 4.04. The smallest absolute Gasteiger partial charge is 0.306 e. The maximum atomic E-state index is 13.7. The van der Waals surface area contributed by atoms with Gasteiger partial charge in [-0.2, -0.15) is 0 Å². The molecule has 0 amide bonds. The van der Waals surface area contributed by atoms with Gasteiger partial charge < -0.3 is 15.3 Å². The van der Waals surface area contributed by atoms with Crippen molar-refractivity contribution in [3.8, 4) is 0 Å². The van der Waals surface area contributed by atoms with Crippen molar-refractivity contribution < 1.29 is 18.7 Å². The van der Waals surface area contributed by atoms with E-state index in [1.807, 2.05) is 4.90 Å². The molecule has 1 aliphatic heterocycles. The molecule has 0 atom stereocenters. The van der Waals surface area contributed by atoms with Crippen LogP contribution in [0.15, 0.2) is 30.6 Å². The van der Waals surface area contributed by atoms with Crippen LogP contribution in [0, 0.1) is 17.6 Å². The molecule has 1 saturated heterocycles. The Morgan fingerprint density at radius 2 is 1.88 bits per heavy atom. The largest absolute Gasteiger partial charge is 0.481 e. The molecule has 1 aromatic heterocycles. The Kier molecular flexibility index (Phi) is 4.54. The molecule has 0 spiro atoms. The number of hydrogen-bond donors (Lipinski definition) is 2. The number of halogens is 2. The van der Waals surface area contributed by atoms with Gasteiger partial charge >= 0.3 is 5.97 Å². The molecule has 0 radical (unpaired) electrons. The van der Waals surface area contributed by atoms with Gasteiger partial charge in [0.25, 0.3) is 0 Å². The van der Waals surface area contributed by atoms with Gasteiger partial charge in [-0.1, -0.05) is 6.07 Å². The Balaban J connectivity index is 1.74. The summed E-state index contributed by atoms with van der Waals surface area (Å²) in [4.78, 5) is 21.1. The molecule has 0 aliphatic carbocycles. The highest BCUT2D eigenvalue weighted by Gasteiger charge is 2.25. The summed E-state index contributed by atoms with van der Waals surface area (Å²) in [5.41, 5.74) is -0.272. The monoisotopic (exact) mass is 334 g/mol. The Morgan fingerprint density at radius 1 is 1.21 bits per heavy atom. The van der Waals surface area contributed by atoms with E-state index in [0.717, 1.165) is 12.1 Å². The van der Waals surface area contributed by atoms with Gasteiger partial charge in [0.2, 0.25) is 0 Å². The number of carboxylic acids is 1. The SMILES string of the molecule is O=C(O)C1CCN(c2cc(Nc3c(F)cccc3F)ncn2)CC1. The van der Waals surface area contributed by atoms with E-state index in [-0.39, 0.29) is 17.4 Å². The summed E-state index contributed by atoms with van der Waals surface area (Å²) in [5, 5.41) is 11.7. The number of anilines is 3. The number of hydrogen-bond acceptors (Lipinski definition) is 5. The summed E-state index contributed by atoms with van der Waals surface area (Å²) in [6.45, 7) is 1.11. The first-order chi connectivity index (χ1) is 11.5. The van der Waals surface area contributed by atoms with Gasteiger partial charge in [-0.25, -0.2) is 18.7 Å². The number of benzene rings is 1. The number of carboxylic acid groups (broad SMARTS) is 1. The lowest BCUT2D eigenvalue weighted by Gasteiger charge is -2.31. The van der Waals surface area contributed by atoms with Crippen LogP contribution in [0.25, 0.3) is 0 Å². The number of para-hydroxylation sites is 1. The molecule has 1 fully saturated rings. The van der Waals surface area contributed by atoms with Crippen LogP contribution >= 0.6 is 0 Å². The van der Waals surface area contributed by atoms with Crippen molar-refractivity contribution in [3.63, 3.8) is 0 Å². The van der Waals surface area contributed by atoms with Crippen molar-refractivity contribution in [2.75, 3.05) is 23.3 Å². The van der Waals surface area contributed by atoms with Crippen molar-refractivity contribution in [2.45, 2.75) is 12.8 Å². The lowest BCUT2D eigenvalue weighted by Crippen LogP contribution is -2.36. The van der Waals surface area contributed by atoms with Crippen molar-refractivity contribution >= 4 is 23.3 Å². The Morgan fingerprint density at radius 3 is 2.50 bits per heavy atom. The third-order valence-electron chi connectivity index (χ3n) is 4.04. The number of rotatable bonds is 4. The molecule has 0 saturated carbocycles. The zero-order valence-electron chi connectivity index (χ0n) is 12.7. The van der Waals surface area contributed by atoms with E-state index in [1.165, 1.54) is 12.4 Å². The van der Waals surface area contributed by atoms with Crippen LogP contribution in [0.4, 0.5) is 26.1 Å². The van der Waals surface area contributed by atoms with Crippen LogP contribution in [-0.4, -0.2) is 34.1 Å². The second-order valence-corrected chi connectivity index (χ2v) is 5.58. The van der Waals surface area contributed by atoms with Crippen LogP contribution < -0.4 is 10.2 Å². The second-order valence-electron chi connectivity index (χ2n) is 5.58. The quantitative estimate of drug-likeness (QED) is 0.895. The fourth-order valence-corrected chi connectivity index (χ4v) is 2.69. The number of piperidine rings is 1.